The van der Waals surface area contributed by atoms with Crippen molar-refractivity contribution < 1.29 is 14.3 Å². The van der Waals surface area contributed by atoms with Gasteiger partial charge in [0.1, 0.15) is 23.4 Å². The topological polar surface area (TPSA) is 92.9 Å². The summed E-state index contributed by atoms with van der Waals surface area (Å²) < 4.78 is 15.1. The van der Waals surface area contributed by atoms with Crippen molar-refractivity contribution in [2.24, 2.45) is 18.9 Å². The molecule has 166 valence electrons. The van der Waals surface area contributed by atoms with E-state index >= 15 is 0 Å². The Bertz CT molecular complexity index is 1150. The first-order valence-corrected chi connectivity index (χ1v) is 11.0. The SMILES string of the molecule is Cn1cnc(C2CC3CC(O)(c4ccncn4)CC3C2)c1C(=O)Nc1ccc(F)c(Cl)c1. The van der Waals surface area contributed by atoms with Crippen molar-refractivity contribution in [2.75, 3.05) is 5.32 Å². The average Bonchev–Trinajstić information content (AvgIpc) is 3.42. The summed E-state index contributed by atoms with van der Waals surface area (Å²) >= 11 is 5.84. The Hall–Kier alpha value is -2.84. The molecule has 7 nitrogen and oxygen atoms in total. The Labute approximate surface area is 189 Å². The number of hydrogen-bond donors (Lipinski definition) is 2. The maximum atomic E-state index is 13.4. The molecule has 0 bridgehead atoms. The fraction of sp³-hybridized carbons (Fsp3) is 0.391. The summed E-state index contributed by atoms with van der Waals surface area (Å²) in [4.78, 5) is 25.8. The third-order valence-electron chi connectivity index (χ3n) is 6.84. The summed E-state index contributed by atoms with van der Waals surface area (Å²) in [7, 11) is 1.78. The lowest BCUT2D eigenvalue weighted by atomic mass is 9.90. The van der Waals surface area contributed by atoms with Gasteiger partial charge in [0.05, 0.1) is 22.7 Å². The third-order valence-corrected chi connectivity index (χ3v) is 7.13. The van der Waals surface area contributed by atoms with Gasteiger partial charge in [-0.1, -0.05) is 11.6 Å². The molecular weight excluding hydrogens is 433 g/mol. The highest BCUT2D eigenvalue weighted by Crippen LogP contribution is 2.56. The molecule has 2 aromatic heterocycles. The summed E-state index contributed by atoms with van der Waals surface area (Å²) in [5.74, 6) is -0.0242. The second-order valence-electron chi connectivity index (χ2n) is 8.90. The van der Waals surface area contributed by atoms with Gasteiger partial charge in [-0.2, -0.15) is 0 Å². The smallest absolute Gasteiger partial charge is 0.274 e. The van der Waals surface area contributed by atoms with Crippen LogP contribution < -0.4 is 5.32 Å². The molecule has 0 saturated heterocycles. The van der Waals surface area contributed by atoms with Gasteiger partial charge in [0.2, 0.25) is 0 Å². The number of anilines is 1. The quantitative estimate of drug-likeness (QED) is 0.619. The lowest BCUT2D eigenvalue weighted by molar-refractivity contribution is 0.0299. The number of imidazole rings is 1. The van der Waals surface area contributed by atoms with Crippen LogP contribution in [0.1, 0.15) is 53.5 Å². The second-order valence-corrected chi connectivity index (χ2v) is 9.30. The van der Waals surface area contributed by atoms with Gasteiger partial charge >= 0.3 is 0 Å². The fourth-order valence-corrected chi connectivity index (χ4v) is 5.63. The van der Waals surface area contributed by atoms with Gasteiger partial charge < -0.3 is 15.0 Å². The molecule has 2 aliphatic carbocycles. The van der Waals surface area contributed by atoms with Gasteiger partial charge in [-0.05, 0) is 61.8 Å². The molecule has 0 spiro atoms. The number of hydrogen-bond acceptors (Lipinski definition) is 5. The van der Waals surface area contributed by atoms with Crippen LogP contribution in [0.3, 0.4) is 0 Å². The summed E-state index contributed by atoms with van der Waals surface area (Å²) in [5.41, 5.74) is 1.43. The van der Waals surface area contributed by atoms with Crippen molar-refractivity contribution in [3.05, 3.63) is 71.0 Å². The number of aliphatic hydroxyl groups is 1. The largest absolute Gasteiger partial charge is 0.384 e. The van der Waals surface area contributed by atoms with Crippen LogP contribution in [0.25, 0.3) is 0 Å². The van der Waals surface area contributed by atoms with Gasteiger partial charge in [-0.15, -0.1) is 0 Å². The molecule has 32 heavy (non-hydrogen) atoms. The minimum Gasteiger partial charge on any atom is -0.384 e. The van der Waals surface area contributed by atoms with E-state index in [1.165, 1.54) is 24.5 Å². The first-order valence-electron chi connectivity index (χ1n) is 10.6. The van der Waals surface area contributed by atoms with Crippen molar-refractivity contribution in [2.45, 2.75) is 37.2 Å². The van der Waals surface area contributed by atoms with E-state index in [4.69, 9.17) is 11.6 Å². The van der Waals surface area contributed by atoms with E-state index in [0.29, 0.717) is 41.8 Å². The van der Waals surface area contributed by atoms with Gasteiger partial charge in [0, 0.05) is 24.8 Å². The lowest BCUT2D eigenvalue weighted by Crippen LogP contribution is -2.24. The normalized spacial score (nSPS) is 26.8. The number of carbonyl (C=O) groups excluding carboxylic acids is 1. The summed E-state index contributed by atoms with van der Waals surface area (Å²) in [5, 5.41) is 13.9. The van der Waals surface area contributed by atoms with Crippen molar-refractivity contribution in [3.63, 3.8) is 0 Å². The van der Waals surface area contributed by atoms with Crippen molar-refractivity contribution >= 4 is 23.2 Å². The van der Waals surface area contributed by atoms with E-state index in [2.05, 4.69) is 20.3 Å². The summed E-state index contributed by atoms with van der Waals surface area (Å²) in [6.45, 7) is 0. The average molecular weight is 456 g/mol. The molecule has 0 aliphatic heterocycles. The molecule has 1 aromatic carbocycles. The molecule has 2 fully saturated rings. The van der Waals surface area contributed by atoms with Crippen LogP contribution in [-0.2, 0) is 12.6 Å². The fourth-order valence-electron chi connectivity index (χ4n) is 5.45. The van der Waals surface area contributed by atoms with E-state index in [9.17, 15) is 14.3 Å². The maximum absolute atomic E-state index is 13.4. The van der Waals surface area contributed by atoms with Crippen molar-refractivity contribution in [1.82, 2.24) is 19.5 Å². The third kappa shape index (κ3) is 3.67. The van der Waals surface area contributed by atoms with Gasteiger partial charge in [-0.25, -0.2) is 19.3 Å². The number of fused-ring (bicyclic) bond motifs is 1. The number of halogens is 2. The molecule has 2 atom stereocenters. The molecule has 9 heteroatoms. The summed E-state index contributed by atoms with van der Waals surface area (Å²) in [6, 6.07) is 5.86. The number of benzene rings is 1. The standard InChI is InChI=1S/C23H23ClFN5O2/c1-30-12-28-20(21(30)22(31)29-16-2-3-18(25)17(24)8-16)13-6-14-9-23(32,10-15(14)7-13)19-4-5-26-11-27-19/h2-5,8,11-15,32H,6-7,9-10H2,1H3,(H,29,31). The number of aromatic nitrogens is 4. The van der Waals surface area contributed by atoms with Crippen LogP contribution >= 0.6 is 11.6 Å². The van der Waals surface area contributed by atoms with E-state index in [-0.39, 0.29) is 16.8 Å². The zero-order valence-electron chi connectivity index (χ0n) is 17.5. The van der Waals surface area contributed by atoms with Crippen LogP contribution in [0.15, 0.2) is 43.1 Å². The predicted molar refractivity (Wildman–Crippen MR) is 117 cm³/mol. The first-order chi connectivity index (χ1) is 15.3. The summed E-state index contributed by atoms with van der Waals surface area (Å²) in [6.07, 6.45) is 7.78. The van der Waals surface area contributed by atoms with Crippen LogP contribution in [0, 0.1) is 17.7 Å². The zero-order chi connectivity index (χ0) is 22.5. The Morgan fingerprint density at radius 2 is 2.00 bits per heavy atom. The minimum absolute atomic E-state index is 0.0483. The lowest BCUT2D eigenvalue weighted by Gasteiger charge is -2.23. The molecule has 5 rings (SSSR count). The highest BCUT2D eigenvalue weighted by Gasteiger charge is 2.51. The zero-order valence-corrected chi connectivity index (χ0v) is 18.3. The van der Waals surface area contributed by atoms with Crippen LogP contribution in [0.2, 0.25) is 5.02 Å². The highest BCUT2D eigenvalue weighted by atomic mass is 35.5. The predicted octanol–water partition coefficient (Wildman–Crippen LogP) is 4.05. The Morgan fingerprint density at radius 1 is 1.25 bits per heavy atom. The molecule has 2 aliphatic rings. The molecule has 2 saturated carbocycles. The molecule has 2 N–H and O–H groups in total. The molecule has 2 unspecified atom stereocenters. The molecular formula is C23H23ClFN5O2. The number of aryl methyl sites for hydroxylation is 1. The van der Waals surface area contributed by atoms with Crippen molar-refractivity contribution in [1.29, 1.82) is 0 Å². The second kappa shape index (κ2) is 7.94. The Kier molecular flexibility index (Phi) is 5.22. The van der Waals surface area contributed by atoms with E-state index in [1.807, 2.05) is 0 Å². The van der Waals surface area contributed by atoms with Crippen molar-refractivity contribution in [3.8, 4) is 0 Å². The van der Waals surface area contributed by atoms with Gasteiger partial charge in [0.25, 0.3) is 5.91 Å². The molecule has 3 aromatic rings. The van der Waals surface area contributed by atoms with E-state index in [1.54, 1.807) is 30.2 Å². The molecule has 2 heterocycles. The highest BCUT2D eigenvalue weighted by molar-refractivity contribution is 6.31. The number of amides is 1. The van der Waals surface area contributed by atoms with Gasteiger partial charge in [0.15, 0.2) is 0 Å². The minimum atomic E-state index is -0.921. The molecule has 0 radical (unpaired) electrons. The Morgan fingerprint density at radius 3 is 2.66 bits per heavy atom. The van der Waals surface area contributed by atoms with Gasteiger partial charge in [-0.3, -0.25) is 4.79 Å². The first kappa shape index (κ1) is 21.0. The monoisotopic (exact) mass is 455 g/mol. The maximum Gasteiger partial charge on any atom is 0.274 e. The van der Waals surface area contributed by atoms with E-state index < -0.39 is 11.4 Å². The molecule has 1 amide bonds. The van der Waals surface area contributed by atoms with Crippen LogP contribution in [-0.4, -0.2) is 30.5 Å². The Balaban J connectivity index is 1.33. The van der Waals surface area contributed by atoms with Crippen LogP contribution in [0.4, 0.5) is 10.1 Å². The number of nitrogens with zero attached hydrogens (tertiary/aromatic N) is 4. The van der Waals surface area contributed by atoms with Crippen LogP contribution in [0.5, 0.6) is 0 Å². The van der Waals surface area contributed by atoms with E-state index in [0.717, 1.165) is 18.5 Å². The number of rotatable bonds is 4. The number of carbonyl (C=O) groups is 1. The number of nitrogens with one attached hydrogen (secondary N) is 1.